The molecule has 3 heteroatoms. The van der Waals surface area contributed by atoms with Crippen molar-refractivity contribution < 1.29 is 9.90 Å². The van der Waals surface area contributed by atoms with Gasteiger partial charge in [0.05, 0.1) is 5.56 Å². The van der Waals surface area contributed by atoms with E-state index in [-0.39, 0.29) is 11.5 Å². The van der Waals surface area contributed by atoms with Gasteiger partial charge in [-0.1, -0.05) is 42.5 Å². The summed E-state index contributed by atoms with van der Waals surface area (Å²) >= 11 is 0. The molecule has 1 N–H and O–H groups in total. The molecule has 0 spiro atoms. The SMILES string of the molecule is O=C(/C=C/N1CCC[C@H](c2ccccc2)C1)c1ccccc1O. The van der Waals surface area contributed by atoms with Gasteiger partial charge in [0.15, 0.2) is 5.78 Å². The van der Waals surface area contributed by atoms with Crippen molar-refractivity contribution in [1.29, 1.82) is 0 Å². The van der Waals surface area contributed by atoms with Crippen molar-refractivity contribution in [1.82, 2.24) is 4.90 Å². The minimum absolute atomic E-state index is 0.0305. The fourth-order valence-electron chi connectivity index (χ4n) is 3.08. The van der Waals surface area contributed by atoms with Crippen LogP contribution in [0.5, 0.6) is 5.75 Å². The van der Waals surface area contributed by atoms with Gasteiger partial charge < -0.3 is 10.0 Å². The number of benzene rings is 2. The number of rotatable bonds is 4. The molecule has 2 aromatic carbocycles. The second-order valence-corrected chi connectivity index (χ2v) is 5.94. The van der Waals surface area contributed by atoms with Crippen molar-refractivity contribution in [2.75, 3.05) is 13.1 Å². The molecular weight excluding hydrogens is 286 g/mol. The molecule has 0 amide bonds. The Kier molecular flexibility index (Phi) is 4.77. The lowest BCUT2D eigenvalue weighted by atomic mass is 9.91. The van der Waals surface area contributed by atoms with E-state index in [0.717, 1.165) is 19.5 Å². The number of nitrogens with zero attached hydrogens (tertiary/aromatic N) is 1. The van der Waals surface area contributed by atoms with Gasteiger partial charge in [-0.25, -0.2) is 0 Å². The van der Waals surface area contributed by atoms with Crippen LogP contribution >= 0.6 is 0 Å². The number of phenols is 1. The summed E-state index contributed by atoms with van der Waals surface area (Å²) in [6, 6.07) is 17.2. The van der Waals surface area contributed by atoms with Gasteiger partial charge >= 0.3 is 0 Å². The zero-order valence-corrected chi connectivity index (χ0v) is 13.1. The topological polar surface area (TPSA) is 40.5 Å². The molecule has 1 fully saturated rings. The predicted molar refractivity (Wildman–Crippen MR) is 91.6 cm³/mol. The molecule has 2 aromatic rings. The summed E-state index contributed by atoms with van der Waals surface area (Å²) in [5, 5.41) is 9.74. The lowest BCUT2D eigenvalue weighted by Gasteiger charge is -2.32. The van der Waals surface area contributed by atoms with Crippen LogP contribution in [0.3, 0.4) is 0 Å². The molecule has 0 aromatic heterocycles. The number of piperidine rings is 1. The van der Waals surface area contributed by atoms with E-state index in [1.54, 1.807) is 24.3 Å². The summed E-state index contributed by atoms with van der Waals surface area (Å²) in [7, 11) is 0. The van der Waals surface area contributed by atoms with Crippen LogP contribution in [0, 0.1) is 0 Å². The molecule has 0 radical (unpaired) electrons. The molecule has 118 valence electrons. The molecule has 1 saturated heterocycles. The Morgan fingerprint density at radius 3 is 2.61 bits per heavy atom. The van der Waals surface area contributed by atoms with Gasteiger partial charge in [-0.05, 0) is 30.5 Å². The first-order valence-corrected chi connectivity index (χ1v) is 8.03. The summed E-state index contributed by atoms with van der Waals surface area (Å²) in [5.41, 5.74) is 1.71. The average Bonchev–Trinajstić information content (AvgIpc) is 2.61. The molecule has 0 bridgehead atoms. The van der Waals surface area contributed by atoms with E-state index in [1.165, 1.54) is 18.1 Å². The third kappa shape index (κ3) is 3.81. The first kappa shape index (κ1) is 15.3. The summed E-state index contributed by atoms with van der Waals surface area (Å²) in [4.78, 5) is 14.4. The third-order valence-electron chi connectivity index (χ3n) is 4.33. The number of para-hydroxylation sites is 1. The molecule has 1 atom stereocenters. The maximum Gasteiger partial charge on any atom is 0.190 e. The van der Waals surface area contributed by atoms with Crippen LogP contribution in [0.1, 0.15) is 34.7 Å². The first-order valence-electron chi connectivity index (χ1n) is 8.03. The van der Waals surface area contributed by atoms with Gasteiger partial charge in [-0.3, -0.25) is 4.79 Å². The van der Waals surface area contributed by atoms with Crippen LogP contribution in [-0.2, 0) is 0 Å². The van der Waals surface area contributed by atoms with E-state index in [9.17, 15) is 9.90 Å². The highest BCUT2D eigenvalue weighted by atomic mass is 16.3. The number of ketones is 1. The normalized spacial score (nSPS) is 18.3. The van der Waals surface area contributed by atoms with Crippen molar-refractivity contribution in [3.63, 3.8) is 0 Å². The molecule has 0 unspecified atom stereocenters. The molecule has 1 aliphatic heterocycles. The Morgan fingerprint density at radius 2 is 1.83 bits per heavy atom. The van der Waals surface area contributed by atoms with E-state index in [0.29, 0.717) is 11.5 Å². The lowest BCUT2D eigenvalue weighted by molar-refractivity contribution is 0.104. The van der Waals surface area contributed by atoms with Gasteiger partial charge in [0.25, 0.3) is 0 Å². The van der Waals surface area contributed by atoms with Gasteiger partial charge in [0, 0.05) is 31.3 Å². The number of hydrogen-bond donors (Lipinski definition) is 1. The van der Waals surface area contributed by atoms with Crippen LogP contribution in [0.4, 0.5) is 0 Å². The number of likely N-dealkylation sites (tertiary alicyclic amines) is 1. The summed E-state index contributed by atoms with van der Waals surface area (Å²) in [6.45, 7) is 1.89. The second kappa shape index (κ2) is 7.14. The zero-order chi connectivity index (χ0) is 16.1. The predicted octanol–water partition coefficient (Wildman–Crippen LogP) is 3.97. The quantitative estimate of drug-likeness (QED) is 0.686. The van der Waals surface area contributed by atoms with E-state index >= 15 is 0 Å². The van der Waals surface area contributed by atoms with Gasteiger partial charge in [0.1, 0.15) is 5.75 Å². The fourth-order valence-corrected chi connectivity index (χ4v) is 3.08. The van der Waals surface area contributed by atoms with Crippen molar-refractivity contribution in [3.8, 4) is 5.75 Å². The van der Waals surface area contributed by atoms with Crippen molar-refractivity contribution in [2.24, 2.45) is 0 Å². The highest BCUT2D eigenvalue weighted by Gasteiger charge is 2.19. The molecule has 3 nitrogen and oxygen atoms in total. The minimum Gasteiger partial charge on any atom is -0.507 e. The molecule has 3 rings (SSSR count). The van der Waals surface area contributed by atoms with Crippen molar-refractivity contribution in [3.05, 3.63) is 78.0 Å². The Hall–Kier alpha value is -2.55. The fraction of sp³-hybridized carbons (Fsp3) is 0.250. The Morgan fingerprint density at radius 1 is 1.09 bits per heavy atom. The van der Waals surface area contributed by atoms with Crippen LogP contribution in [0.15, 0.2) is 66.9 Å². The molecule has 0 aliphatic carbocycles. The maximum absolute atomic E-state index is 12.2. The molecular formula is C20H21NO2. The van der Waals surface area contributed by atoms with E-state index in [2.05, 4.69) is 29.2 Å². The number of aromatic hydroxyl groups is 1. The minimum atomic E-state index is -0.162. The van der Waals surface area contributed by atoms with E-state index in [4.69, 9.17) is 0 Å². The van der Waals surface area contributed by atoms with Crippen molar-refractivity contribution in [2.45, 2.75) is 18.8 Å². The van der Waals surface area contributed by atoms with Crippen LogP contribution in [0.2, 0.25) is 0 Å². The summed E-state index contributed by atoms with van der Waals surface area (Å²) < 4.78 is 0. The van der Waals surface area contributed by atoms with E-state index in [1.807, 2.05) is 12.3 Å². The highest BCUT2D eigenvalue weighted by molar-refractivity contribution is 6.06. The molecule has 23 heavy (non-hydrogen) atoms. The zero-order valence-electron chi connectivity index (χ0n) is 13.1. The largest absolute Gasteiger partial charge is 0.507 e. The second-order valence-electron chi connectivity index (χ2n) is 5.94. The van der Waals surface area contributed by atoms with Crippen molar-refractivity contribution >= 4 is 5.78 Å². The summed E-state index contributed by atoms with van der Waals surface area (Å²) in [5.74, 6) is 0.378. The van der Waals surface area contributed by atoms with Gasteiger partial charge in [0.2, 0.25) is 0 Å². The Bertz CT molecular complexity index is 694. The van der Waals surface area contributed by atoms with Gasteiger partial charge in [-0.15, -0.1) is 0 Å². The molecule has 0 saturated carbocycles. The first-order chi connectivity index (χ1) is 11.2. The van der Waals surface area contributed by atoms with E-state index < -0.39 is 0 Å². The maximum atomic E-state index is 12.2. The number of carbonyl (C=O) groups is 1. The Balaban J connectivity index is 1.66. The monoisotopic (exact) mass is 307 g/mol. The number of carbonyl (C=O) groups excluding carboxylic acids is 1. The number of phenolic OH excluding ortho intramolecular Hbond substituents is 1. The van der Waals surface area contributed by atoms with Gasteiger partial charge in [-0.2, -0.15) is 0 Å². The number of hydrogen-bond acceptors (Lipinski definition) is 3. The Labute approximate surface area is 136 Å². The highest BCUT2D eigenvalue weighted by Crippen LogP contribution is 2.27. The summed E-state index contributed by atoms with van der Waals surface area (Å²) in [6.07, 6.45) is 5.72. The van der Waals surface area contributed by atoms with Crippen LogP contribution in [0.25, 0.3) is 0 Å². The molecule has 1 aliphatic rings. The average molecular weight is 307 g/mol. The van der Waals surface area contributed by atoms with Crippen LogP contribution < -0.4 is 0 Å². The third-order valence-corrected chi connectivity index (χ3v) is 4.33. The smallest absolute Gasteiger partial charge is 0.190 e. The standard InChI is InChI=1S/C20H21NO2/c22-19-11-5-4-10-18(19)20(23)12-14-21-13-6-9-17(15-21)16-7-2-1-3-8-16/h1-5,7-8,10-12,14,17,22H,6,9,13,15H2/b14-12+/t17-/m0/s1. The number of allylic oxidation sites excluding steroid dienone is 1. The molecule has 1 heterocycles. The lowest BCUT2D eigenvalue weighted by Crippen LogP contribution is -2.30. The van der Waals surface area contributed by atoms with Crippen LogP contribution in [-0.4, -0.2) is 28.9 Å².